The van der Waals surface area contributed by atoms with E-state index in [9.17, 15) is 12.8 Å². The number of methoxy groups -OCH3 is 1. The van der Waals surface area contributed by atoms with Crippen LogP contribution in [0.15, 0.2) is 46.1 Å². The number of hydrogen-bond acceptors (Lipinski definition) is 4. The number of aryl methyl sites for hydroxylation is 1. The number of hydrogen-bond donors (Lipinski definition) is 0. The molecule has 0 aliphatic carbocycles. The van der Waals surface area contributed by atoms with Crippen molar-refractivity contribution in [2.75, 3.05) is 20.3 Å². The van der Waals surface area contributed by atoms with Gasteiger partial charge in [-0.2, -0.15) is 4.31 Å². The maximum Gasteiger partial charge on any atom is 0.243 e. The van der Waals surface area contributed by atoms with Gasteiger partial charge in [0.25, 0.3) is 0 Å². The lowest BCUT2D eigenvalue weighted by Gasteiger charge is -2.22. The Balaban J connectivity index is 2.35. The molecule has 0 saturated heterocycles. The summed E-state index contributed by atoms with van der Waals surface area (Å²) in [6.07, 6.45) is 2.98. The zero-order chi connectivity index (χ0) is 16.2. The molecule has 0 N–H and O–H groups in total. The van der Waals surface area contributed by atoms with Crippen molar-refractivity contribution in [2.45, 2.75) is 18.4 Å². The number of benzene rings is 1. The van der Waals surface area contributed by atoms with Crippen LogP contribution in [0.1, 0.15) is 11.1 Å². The van der Waals surface area contributed by atoms with Crippen molar-refractivity contribution in [3.63, 3.8) is 0 Å². The minimum Gasteiger partial charge on any atom is -0.472 e. The van der Waals surface area contributed by atoms with E-state index >= 15 is 0 Å². The van der Waals surface area contributed by atoms with Crippen LogP contribution >= 0.6 is 0 Å². The number of rotatable bonds is 7. The summed E-state index contributed by atoms with van der Waals surface area (Å²) in [6, 6.07) is 5.34. The lowest BCUT2D eigenvalue weighted by atomic mass is 10.2. The molecule has 120 valence electrons. The van der Waals surface area contributed by atoms with Gasteiger partial charge in [0.05, 0.1) is 24.0 Å². The van der Waals surface area contributed by atoms with Crippen molar-refractivity contribution in [1.82, 2.24) is 4.31 Å². The molecule has 0 unspecified atom stereocenters. The van der Waals surface area contributed by atoms with Crippen molar-refractivity contribution in [2.24, 2.45) is 0 Å². The van der Waals surface area contributed by atoms with Crippen molar-refractivity contribution in [3.05, 3.63) is 53.7 Å². The highest BCUT2D eigenvalue weighted by Crippen LogP contribution is 2.22. The van der Waals surface area contributed by atoms with E-state index < -0.39 is 15.8 Å². The first-order valence-electron chi connectivity index (χ1n) is 6.71. The van der Waals surface area contributed by atoms with Crippen LogP contribution in [0.4, 0.5) is 4.39 Å². The normalized spacial score (nSPS) is 12.0. The highest BCUT2D eigenvalue weighted by atomic mass is 32.2. The summed E-state index contributed by atoms with van der Waals surface area (Å²) in [4.78, 5) is 0.0912. The molecule has 2 rings (SSSR count). The third-order valence-corrected chi connectivity index (χ3v) is 5.24. The fourth-order valence-electron chi connectivity index (χ4n) is 2.10. The second kappa shape index (κ2) is 7.04. The first-order valence-corrected chi connectivity index (χ1v) is 8.15. The molecule has 0 bridgehead atoms. The summed E-state index contributed by atoms with van der Waals surface area (Å²) in [7, 11) is -2.25. The summed E-state index contributed by atoms with van der Waals surface area (Å²) in [5.74, 6) is -0.463. The van der Waals surface area contributed by atoms with Gasteiger partial charge < -0.3 is 9.15 Å². The molecule has 5 nitrogen and oxygen atoms in total. The SMILES string of the molecule is COCCN(Cc1ccoc1)S(=O)(=O)c1ccc(F)cc1C. The Kier molecular flexibility index (Phi) is 5.33. The average molecular weight is 327 g/mol. The molecular formula is C15H18FNO4S. The molecule has 0 aliphatic rings. The van der Waals surface area contributed by atoms with Gasteiger partial charge in [-0.3, -0.25) is 0 Å². The number of halogens is 1. The Hall–Kier alpha value is -1.70. The van der Waals surface area contributed by atoms with Crippen LogP contribution in [-0.2, 0) is 21.3 Å². The lowest BCUT2D eigenvalue weighted by molar-refractivity contribution is 0.177. The molecule has 1 aromatic carbocycles. The van der Waals surface area contributed by atoms with Crippen LogP contribution in [0, 0.1) is 12.7 Å². The monoisotopic (exact) mass is 327 g/mol. The van der Waals surface area contributed by atoms with Crippen molar-refractivity contribution >= 4 is 10.0 Å². The van der Waals surface area contributed by atoms with E-state index in [1.54, 1.807) is 13.0 Å². The molecule has 0 aliphatic heterocycles. The molecule has 7 heteroatoms. The molecule has 22 heavy (non-hydrogen) atoms. The summed E-state index contributed by atoms with van der Waals surface area (Å²) >= 11 is 0. The van der Waals surface area contributed by atoms with Crippen LogP contribution in [0.5, 0.6) is 0 Å². The summed E-state index contributed by atoms with van der Waals surface area (Å²) in [5.41, 5.74) is 1.11. The average Bonchev–Trinajstić information content (AvgIpc) is 2.95. The topological polar surface area (TPSA) is 59.8 Å². The fraction of sp³-hybridized carbons (Fsp3) is 0.333. The van der Waals surface area contributed by atoms with Gasteiger partial charge in [-0.1, -0.05) is 0 Å². The van der Waals surface area contributed by atoms with Gasteiger partial charge in [-0.15, -0.1) is 0 Å². The van der Waals surface area contributed by atoms with Gasteiger partial charge in [0, 0.05) is 25.8 Å². The zero-order valence-corrected chi connectivity index (χ0v) is 13.3. The van der Waals surface area contributed by atoms with Crippen LogP contribution in [-0.4, -0.2) is 33.0 Å². The van der Waals surface area contributed by atoms with E-state index in [-0.39, 0.29) is 24.6 Å². The predicted octanol–water partition coefficient (Wildman–Crippen LogP) is 2.56. The summed E-state index contributed by atoms with van der Waals surface area (Å²) in [6.45, 7) is 2.19. The third kappa shape index (κ3) is 3.73. The summed E-state index contributed by atoms with van der Waals surface area (Å²) in [5, 5.41) is 0. The van der Waals surface area contributed by atoms with E-state index in [0.717, 1.165) is 11.6 Å². The second-order valence-electron chi connectivity index (χ2n) is 4.87. The van der Waals surface area contributed by atoms with Gasteiger partial charge in [0.1, 0.15) is 5.82 Å². The maximum absolute atomic E-state index is 13.2. The molecule has 0 atom stereocenters. The first kappa shape index (κ1) is 16.7. The van der Waals surface area contributed by atoms with E-state index in [2.05, 4.69) is 0 Å². The molecule has 1 aromatic heterocycles. The molecule has 0 spiro atoms. The second-order valence-corrected chi connectivity index (χ2v) is 6.78. The molecule has 0 saturated carbocycles. The third-order valence-electron chi connectivity index (χ3n) is 3.24. The standard InChI is InChI=1S/C15H18FNO4S/c1-12-9-14(16)3-4-15(12)22(18,19)17(6-8-20-2)10-13-5-7-21-11-13/h3-5,7,9,11H,6,8,10H2,1-2H3. The Labute approximate surface area is 129 Å². The largest absolute Gasteiger partial charge is 0.472 e. The molecule has 1 heterocycles. The molecule has 0 radical (unpaired) electrons. The molecule has 2 aromatic rings. The lowest BCUT2D eigenvalue weighted by Crippen LogP contribution is -2.33. The van der Waals surface area contributed by atoms with Gasteiger partial charge in [-0.25, -0.2) is 12.8 Å². The maximum atomic E-state index is 13.2. The van der Waals surface area contributed by atoms with Gasteiger partial charge in [-0.05, 0) is 36.8 Å². The zero-order valence-electron chi connectivity index (χ0n) is 12.5. The van der Waals surface area contributed by atoms with Crippen LogP contribution < -0.4 is 0 Å². The Morgan fingerprint density at radius 2 is 2.09 bits per heavy atom. The van der Waals surface area contributed by atoms with E-state index in [4.69, 9.17) is 9.15 Å². The fourth-order valence-corrected chi connectivity index (χ4v) is 3.72. The number of furan rings is 1. The van der Waals surface area contributed by atoms with Gasteiger partial charge >= 0.3 is 0 Å². The van der Waals surface area contributed by atoms with Crippen LogP contribution in [0.25, 0.3) is 0 Å². The predicted molar refractivity (Wildman–Crippen MR) is 79.3 cm³/mol. The van der Waals surface area contributed by atoms with Crippen molar-refractivity contribution < 1.29 is 22.0 Å². The Morgan fingerprint density at radius 1 is 1.32 bits per heavy atom. The molecule has 0 amide bonds. The smallest absolute Gasteiger partial charge is 0.243 e. The van der Waals surface area contributed by atoms with Crippen molar-refractivity contribution in [1.29, 1.82) is 0 Å². The van der Waals surface area contributed by atoms with Crippen LogP contribution in [0.2, 0.25) is 0 Å². The number of nitrogens with zero attached hydrogens (tertiary/aromatic N) is 1. The highest BCUT2D eigenvalue weighted by Gasteiger charge is 2.26. The minimum absolute atomic E-state index is 0.0912. The summed E-state index contributed by atoms with van der Waals surface area (Å²) < 4.78 is 50.1. The van der Waals surface area contributed by atoms with Crippen molar-refractivity contribution in [3.8, 4) is 0 Å². The van der Waals surface area contributed by atoms with E-state index in [1.165, 1.54) is 36.1 Å². The Bertz CT molecular complexity index is 713. The molecule has 0 fully saturated rings. The van der Waals surface area contributed by atoms with Gasteiger partial charge in [0.15, 0.2) is 0 Å². The molecular weight excluding hydrogens is 309 g/mol. The number of ether oxygens (including phenoxy) is 1. The van der Waals surface area contributed by atoms with E-state index in [1.807, 2.05) is 0 Å². The highest BCUT2D eigenvalue weighted by molar-refractivity contribution is 7.89. The minimum atomic E-state index is -3.75. The van der Waals surface area contributed by atoms with Gasteiger partial charge in [0.2, 0.25) is 10.0 Å². The Morgan fingerprint density at radius 3 is 2.68 bits per heavy atom. The quantitative estimate of drug-likeness (QED) is 0.784. The van der Waals surface area contributed by atoms with Crippen LogP contribution in [0.3, 0.4) is 0 Å². The van der Waals surface area contributed by atoms with E-state index in [0.29, 0.717) is 5.56 Å². The first-order chi connectivity index (χ1) is 10.4. The number of sulfonamides is 1.